The molecule has 5 nitrogen and oxygen atoms in total. The van der Waals surface area contributed by atoms with Crippen LogP contribution in [0.3, 0.4) is 0 Å². The minimum absolute atomic E-state index is 0.189. The molecule has 0 aliphatic carbocycles. The van der Waals surface area contributed by atoms with Gasteiger partial charge in [0.05, 0.1) is 17.4 Å². The molecule has 1 aromatic carbocycles. The zero-order valence-corrected chi connectivity index (χ0v) is 14.8. The first kappa shape index (κ1) is 15.2. The third-order valence-corrected chi connectivity index (χ3v) is 5.06. The van der Waals surface area contributed by atoms with Gasteiger partial charge in [-0.05, 0) is 50.1 Å². The molecule has 4 aromatic rings. The van der Waals surface area contributed by atoms with Gasteiger partial charge in [0.15, 0.2) is 0 Å². The average molecular weight is 343 g/mol. The number of aryl methyl sites for hydroxylation is 2. The Morgan fingerprint density at radius 1 is 1.12 bits per heavy atom. The van der Waals surface area contributed by atoms with Gasteiger partial charge < -0.3 is 9.72 Å². The number of pyridine rings is 1. The van der Waals surface area contributed by atoms with Gasteiger partial charge in [0, 0.05) is 35.9 Å². The highest BCUT2D eigenvalue weighted by molar-refractivity contribution is 5.65. The van der Waals surface area contributed by atoms with Crippen LogP contribution in [0.15, 0.2) is 60.9 Å². The van der Waals surface area contributed by atoms with Crippen LogP contribution in [0.5, 0.6) is 0 Å². The Balaban J connectivity index is 1.34. The summed E-state index contributed by atoms with van der Waals surface area (Å²) in [6, 6.07) is 16.9. The minimum Gasteiger partial charge on any atom is -0.377 e. The van der Waals surface area contributed by atoms with Gasteiger partial charge in [-0.2, -0.15) is 5.10 Å². The molecule has 0 spiro atoms. The molecule has 26 heavy (non-hydrogen) atoms. The van der Waals surface area contributed by atoms with E-state index in [0.29, 0.717) is 0 Å². The summed E-state index contributed by atoms with van der Waals surface area (Å²) in [6.07, 6.45) is 6.45. The molecular formula is C21H21N5. The summed E-state index contributed by atoms with van der Waals surface area (Å²) < 4.78 is 4.18. The highest BCUT2D eigenvalue weighted by atomic mass is 15.3. The molecule has 3 aromatic heterocycles. The van der Waals surface area contributed by atoms with Crippen molar-refractivity contribution in [3.63, 3.8) is 0 Å². The van der Waals surface area contributed by atoms with Crippen molar-refractivity contribution in [2.75, 3.05) is 5.32 Å². The van der Waals surface area contributed by atoms with Gasteiger partial charge in [-0.15, -0.1) is 0 Å². The Bertz CT molecular complexity index is 1000. The van der Waals surface area contributed by atoms with E-state index >= 15 is 0 Å². The molecule has 1 unspecified atom stereocenters. The van der Waals surface area contributed by atoms with Crippen LogP contribution in [-0.2, 0) is 13.0 Å². The van der Waals surface area contributed by atoms with Crippen molar-refractivity contribution in [3.05, 3.63) is 72.3 Å². The van der Waals surface area contributed by atoms with Gasteiger partial charge in [0.25, 0.3) is 0 Å². The van der Waals surface area contributed by atoms with E-state index in [1.54, 1.807) is 0 Å². The molecule has 0 fully saturated rings. The number of anilines is 1. The first-order valence-corrected chi connectivity index (χ1v) is 9.13. The zero-order valence-electron chi connectivity index (χ0n) is 14.8. The normalized spacial score (nSPS) is 14.5. The fourth-order valence-electron chi connectivity index (χ4n) is 3.63. The zero-order chi connectivity index (χ0) is 17.5. The molecule has 5 rings (SSSR count). The highest BCUT2D eigenvalue weighted by Gasteiger charge is 2.17. The number of imidazole rings is 1. The maximum atomic E-state index is 4.72. The van der Waals surface area contributed by atoms with E-state index in [4.69, 9.17) is 5.10 Å². The summed E-state index contributed by atoms with van der Waals surface area (Å²) >= 11 is 0. The molecule has 1 N–H and O–H groups in total. The Morgan fingerprint density at radius 2 is 2.00 bits per heavy atom. The van der Waals surface area contributed by atoms with Crippen molar-refractivity contribution in [1.29, 1.82) is 0 Å². The minimum atomic E-state index is 0.189. The largest absolute Gasteiger partial charge is 0.377 e. The quantitative estimate of drug-likeness (QED) is 0.600. The molecule has 0 saturated carbocycles. The topological polar surface area (TPSA) is 47.1 Å². The monoisotopic (exact) mass is 343 g/mol. The van der Waals surface area contributed by atoms with Gasteiger partial charge >= 0.3 is 0 Å². The van der Waals surface area contributed by atoms with Crippen molar-refractivity contribution in [1.82, 2.24) is 19.2 Å². The van der Waals surface area contributed by atoms with Crippen molar-refractivity contribution in [2.45, 2.75) is 32.4 Å². The summed E-state index contributed by atoms with van der Waals surface area (Å²) in [5.74, 6) is 0. The second-order valence-electron chi connectivity index (χ2n) is 6.92. The fourth-order valence-corrected chi connectivity index (χ4v) is 3.63. The van der Waals surface area contributed by atoms with Crippen LogP contribution in [0, 0.1) is 0 Å². The smallest absolute Gasteiger partial charge is 0.137 e. The molecular weight excluding hydrogens is 322 g/mol. The summed E-state index contributed by atoms with van der Waals surface area (Å²) in [5, 5.41) is 8.27. The van der Waals surface area contributed by atoms with Crippen LogP contribution >= 0.6 is 0 Å². The van der Waals surface area contributed by atoms with Gasteiger partial charge in [-0.3, -0.25) is 4.68 Å². The summed E-state index contributed by atoms with van der Waals surface area (Å²) in [7, 11) is 0. The molecule has 1 atom stereocenters. The molecule has 0 amide bonds. The fraction of sp³-hybridized carbons (Fsp3) is 0.238. The average Bonchev–Trinajstić information content (AvgIpc) is 3.36. The number of nitrogens with one attached hydrogen (secondary N) is 1. The molecule has 0 saturated heterocycles. The van der Waals surface area contributed by atoms with Crippen LogP contribution < -0.4 is 5.32 Å². The van der Waals surface area contributed by atoms with E-state index < -0.39 is 0 Å². The molecule has 5 heteroatoms. The van der Waals surface area contributed by atoms with E-state index in [2.05, 4.69) is 58.4 Å². The predicted molar refractivity (Wildman–Crippen MR) is 103 cm³/mol. The maximum Gasteiger partial charge on any atom is 0.137 e. The molecule has 0 radical (unpaired) electrons. The third kappa shape index (κ3) is 2.65. The van der Waals surface area contributed by atoms with E-state index in [0.717, 1.165) is 41.3 Å². The van der Waals surface area contributed by atoms with Crippen LogP contribution in [0.25, 0.3) is 16.9 Å². The lowest BCUT2D eigenvalue weighted by Gasteiger charge is -2.13. The maximum absolute atomic E-state index is 4.72. The number of fused-ring (bicyclic) bond motifs is 2. The predicted octanol–water partition coefficient (Wildman–Crippen LogP) is 4.32. The van der Waals surface area contributed by atoms with Crippen molar-refractivity contribution in [3.8, 4) is 11.3 Å². The van der Waals surface area contributed by atoms with Crippen molar-refractivity contribution < 1.29 is 0 Å². The standard InChI is InChI=1S/C21H21N5/c1-15(19-13-18-5-4-12-26(18)24-19)22-17-9-7-16(8-10-17)20-14-25-11-3-2-6-21(25)23-20/h2-3,6-11,13-15,22H,4-5,12H2,1H3. The van der Waals surface area contributed by atoms with E-state index in [1.807, 2.05) is 28.8 Å². The van der Waals surface area contributed by atoms with Crippen LogP contribution in [0.4, 0.5) is 5.69 Å². The first-order chi connectivity index (χ1) is 12.8. The number of rotatable bonds is 4. The van der Waals surface area contributed by atoms with Gasteiger partial charge in [-0.1, -0.05) is 18.2 Å². The van der Waals surface area contributed by atoms with Crippen LogP contribution in [0.2, 0.25) is 0 Å². The number of hydrogen-bond acceptors (Lipinski definition) is 3. The Hall–Kier alpha value is -3.08. The number of aromatic nitrogens is 4. The highest BCUT2D eigenvalue weighted by Crippen LogP contribution is 2.25. The Labute approximate surface area is 152 Å². The van der Waals surface area contributed by atoms with Crippen molar-refractivity contribution in [2.24, 2.45) is 0 Å². The Morgan fingerprint density at radius 3 is 2.81 bits per heavy atom. The van der Waals surface area contributed by atoms with Gasteiger partial charge in [0.2, 0.25) is 0 Å². The lowest BCUT2D eigenvalue weighted by Crippen LogP contribution is -2.08. The second kappa shape index (κ2) is 6.02. The second-order valence-corrected chi connectivity index (χ2v) is 6.92. The van der Waals surface area contributed by atoms with E-state index in [1.165, 1.54) is 12.1 Å². The summed E-state index contributed by atoms with van der Waals surface area (Å²) in [6.45, 7) is 3.21. The summed E-state index contributed by atoms with van der Waals surface area (Å²) in [4.78, 5) is 4.68. The lowest BCUT2D eigenvalue weighted by molar-refractivity contribution is 0.634. The van der Waals surface area contributed by atoms with Crippen LogP contribution in [0.1, 0.15) is 30.8 Å². The lowest BCUT2D eigenvalue weighted by atomic mass is 10.1. The van der Waals surface area contributed by atoms with Crippen molar-refractivity contribution >= 4 is 11.3 Å². The van der Waals surface area contributed by atoms with E-state index in [9.17, 15) is 0 Å². The Kier molecular flexibility index (Phi) is 3.52. The SMILES string of the molecule is CC(Nc1ccc(-c2cn3ccccc3n2)cc1)c1cc2n(n1)CCC2. The number of benzene rings is 1. The molecule has 1 aliphatic heterocycles. The molecule has 1 aliphatic rings. The summed E-state index contributed by atoms with van der Waals surface area (Å²) in [5.41, 5.74) is 6.64. The van der Waals surface area contributed by atoms with Gasteiger partial charge in [-0.25, -0.2) is 4.98 Å². The van der Waals surface area contributed by atoms with Crippen LogP contribution in [-0.4, -0.2) is 19.2 Å². The van der Waals surface area contributed by atoms with E-state index in [-0.39, 0.29) is 6.04 Å². The first-order valence-electron chi connectivity index (χ1n) is 9.13. The molecule has 130 valence electrons. The van der Waals surface area contributed by atoms with Gasteiger partial charge in [0.1, 0.15) is 5.65 Å². The number of nitrogens with zero attached hydrogens (tertiary/aromatic N) is 4. The molecule has 4 heterocycles. The number of hydrogen-bond donors (Lipinski definition) is 1. The molecule has 0 bridgehead atoms. The third-order valence-electron chi connectivity index (χ3n) is 5.06.